The molecule has 1 aromatic heterocycles. The number of aromatic nitrogens is 2. The number of hydrogen-bond donors (Lipinski definition) is 3. The van der Waals surface area contributed by atoms with Gasteiger partial charge in [0.05, 0.1) is 12.7 Å². The summed E-state index contributed by atoms with van der Waals surface area (Å²) >= 11 is 0. The summed E-state index contributed by atoms with van der Waals surface area (Å²) in [6.07, 6.45) is -0.545. The molecule has 3 unspecified atom stereocenters. The average molecular weight is 300 g/mol. The highest BCUT2D eigenvalue weighted by Gasteiger charge is 2.37. The van der Waals surface area contributed by atoms with Crippen LogP contribution in [0, 0.1) is 6.92 Å². The molecule has 0 radical (unpaired) electrons. The molecule has 0 spiro atoms. The van der Waals surface area contributed by atoms with Gasteiger partial charge >= 0.3 is 11.7 Å². The minimum atomic E-state index is -1.13. The zero-order valence-corrected chi connectivity index (χ0v) is 11.3. The highest BCUT2D eigenvalue weighted by atomic mass is 16.6. The third kappa shape index (κ3) is 3.38. The van der Waals surface area contributed by atoms with Crippen molar-refractivity contribution in [2.24, 2.45) is 0 Å². The smallest absolute Gasteiger partial charge is 0.330 e. The van der Waals surface area contributed by atoms with Crippen molar-refractivity contribution < 1.29 is 24.5 Å². The molecule has 9 nitrogen and oxygen atoms in total. The summed E-state index contributed by atoms with van der Waals surface area (Å²) in [5.74, 6) is -1.13. The number of aliphatic hydroxyl groups is 1. The van der Waals surface area contributed by atoms with Crippen LogP contribution in [-0.4, -0.2) is 51.2 Å². The standard InChI is InChI=1S/C12H16N2O7/c1-6-3-14(12(19)13-11(6)18)9-2-7(8(4-15)21-9)20-5-10(16)17/h3,7-9,15H,2,4-5H2,1H3,(H,16,17)(H,13,18,19). The molecule has 2 rings (SSSR count). The topological polar surface area (TPSA) is 131 Å². The number of rotatable bonds is 5. The van der Waals surface area contributed by atoms with Crippen LogP contribution >= 0.6 is 0 Å². The number of carbonyl (C=O) groups is 1. The zero-order chi connectivity index (χ0) is 15.6. The lowest BCUT2D eigenvalue weighted by Crippen LogP contribution is -2.33. The third-order valence-corrected chi connectivity index (χ3v) is 3.24. The Balaban J connectivity index is 2.19. The van der Waals surface area contributed by atoms with Crippen LogP contribution < -0.4 is 11.2 Å². The number of aliphatic hydroxyl groups excluding tert-OH is 1. The largest absolute Gasteiger partial charge is 0.480 e. The minimum absolute atomic E-state index is 0.198. The number of carboxylic acid groups (broad SMARTS) is 1. The first-order chi connectivity index (χ1) is 9.92. The van der Waals surface area contributed by atoms with Crippen molar-refractivity contribution in [2.75, 3.05) is 13.2 Å². The van der Waals surface area contributed by atoms with Crippen molar-refractivity contribution in [3.8, 4) is 0 Å². The highest BCUT2D eigenvalue weighted by Crippen LogP contribution is 2.29. The van der Waals surface area contributed by atoms with Crippen LogP contribution in [0.3, 0.4) is 0 Å². The molecule has 3 N–H and O–H groups in total. The summed E-state index contributed by atoms with van der Waals surface area (Å²) in [6.45, 7) is 0.667. The molecular weight excluding hydrogens is 284 g/mol. The number of carboxylic acids is 1. The van der Waals surface area contributed by atoms with Gasteiger partial charge in [0.25, 0.3) is 5.56 Å². The van der Waals surface area contributed by atoms with Crippen LogP contribution in [0.15, 0.2) is 15.8 Å². The number of aromatic amines is 1. The fourth-order valence-electron chi connectivity index (χ4n) is 2.19. The van der Waals surface area contributed by atoms with E-state index in [2.05, 4.69) is 4.98 Å². The predicted molar refractivity (Wildman–Crippen MR) is 69.0 cm³/mol. The van der Waals surface area contributed by atoms with E-state index in [1.165, 1.54) is 10.8 Å². The van der Waals surface area contributed by atoms with Crippen molar-refractivity contribution >= 4 is 5.97 Å². The fraction of sp³-hybridized carbons (Fsp3) is 0.583. The molecule has 0 saturated carbocycles. The number of nitrogens with one attached hydrogen (secondary N) is 1. The molecule has 1 saturated heterocycles. The van der Waals surface area contributed by atoms with E-state index in [1.54, 1.807) is 6.92 Å². The number of nitrogens with zero attached hydrogens (tertiary/aromatic N) is 1. The average Bonchev–Trinajstić information content (AvgIpc) is 2.83. The summed E-state index contributed by atoms with van der Waals surface area (Å²) in [5, 5.41) is 17.8. The van der Waals surface area contributed by atoms with Crippen LogP contribution in [-0.2, 0) is 14.3 Å². The Morgan fingerprint density at radius 3 is 2.90 bits per heavy atom. The number of ether oxygens (including phenoxy) is 2. The second-order valence-corrected chi connectivity index (χ2v) is 4.77. The molecule has 3 atom stereocenters. The Morgan fingerprint density at radius 1 is 1.57 bits per heavy atom. The lowest BCUT2D eigenvalue weighted by Gasteiger charge is -2.15. The Morgan fingerprint density at radius 2 is 2.29 bits per heavy atom. The molecule has 116 valence electrons. The SMILES string of the molecule is Cc1cn(C2CC(OCC(=O)O)C(CO)O2)c(=O)[nH]c1=O. The molecule has 21 heavy (non-hydrogen) atoms. The molecule has 1 fully saturated rings. The summed E-state index contributed by atoms with van der Waals surface area (Å²) in [6, 6.07) is 0. The first-order valence-corrected chi connectivity index (χ1v) is 6.34. The molecule has 0 aliphatic carbocycles. The number of aliphatic carboxylic acids is 1. The van der Waals surface area contributed by atoms with E-state index in [0.29, 0.717) is 5.56 Å². The summed E-state index contributed by atoms with van der Waals surface area (Å²) in [5.41, 5.74) is -0.772. The van der Waals surface area contributed by atoms with Gasteiger partial charge in [-0.1, -0.05) is 0 Å². The second-order valence-electron chi connectivity index (χ2n) is 4.77. The summed E-state index contributed by atoms with van der Waals surface area (Å²) in [4.78, 5) is 35.8. The maximum atomic E-state index is 11.8. The number of aryl methyl sites for hydroxylation is 1. The lowest BCUT2D eigenvalue weighted by atomic mass is 10.2. The lowest BCUT2D eigenvalue weighted by molar-refractivity contribution is -0.146. The van der Waals surface area contributed by atoms with Crippen LogP contribution in [0.4, 0.5) is 0 Å². The molecule has 1 aliphatic heterocycles. The van der Waals surface area contributed by atoms with Gasteiger partial charge in [0, 0.05) is 18.2 Å². The summed E-state index contributed by atoms with van der Waals surface area (Å²) < 4.78 is 11.8. The molecule has 0 bridgehead atoms. The van der Waals surface area contributed by atoms with Crippen molar-refractivity contribution in [3.63, 3.8) is 0 Å². The number of H-pyrrole nitrogens is 1. The molecule has 0 amide bonds. The first kappa shape index (κ1) is 15.4. The predicted octanol–water partition coefficient (Wildman–Crippen LogP) is -1.41. The van der Waals surface area contributed by atoms with Crippen LogP contribution in [0.1, 0.15) is 18.2 Å². The molecular formula is C12H16N2O7. The maximum absolute atomic E-state index is 11.8. The van der Waals surface area contributed by atoms with Crippen LogP contribution in [0.5, 0.6) is 0 Å². The van der Waals surface area contributed by atoms with Crippen LogP contribution in [0.2, 0.25) is 0 Å². The van der Waals surface area contributed by atoms with E-state index in [9.17, 15) is 19.5 Å². The van der Waals surface area contributed by atoms with Gasteiger partial charge in [-0.15, -0.1) is 0 Å². The second kappa shape index (κ2) is 6.20. The van der Waals surface area contributed by atoms with Gasteiger partial charge in [0.2, 0.25) is 0 Å². The van der Waals surface area contributed by atoms with Crippen LogP contribution in [0.25, 0.3) is 0 Å². The van der Waals surface area contributed by atoms with Gasteiger partial charge in [0.15, 0.2) is 0 Å². The van der Waals surface area contributed by atoms with Gasteiger partial charge in [-0.25, -0.2) is 9.59 Å². The minimum Gasteiger partial charge on any atom is -0.480 e. The quantitative estimate of drug-likeness (QED) is 0.609. The van der Waals surface area contributed by atoms with Gasteiger partial charge in [-0.05, 0) is 6.92 Å². The Hall–Kier alpha value is -1.97. The van der Waals surface area contributed by atoms with Crippen molar-refractivity contribution in [3.05, 3.63) is 32.6 Å². The monoisotopic (exact) mass is 300 g/mol. The molecule has 1 aliphatic rings. The Kier molecular flexibility index (Phi) is 4.56. The maximum Gasteiger partial charge on any atom is 0.330 e. The van der Waals surface area contributed by atoms with E-state index in [-0.39, 0.29) is 13.0 Å². The Bertz CT molecular complexity index is 635. The normalized spacial score (nSPS) is 25.1. The molecule has 9 heteroatoms. The summed E-state index contributed by atoms with van der Waals surface area (Å²) in [7, 11) is 0. The van der Waals surface area contributed by atoms with Crippen molar-refractivity contribution in [2.45, 2.75) is 31.8 Å². The molecule has 2 heterocycles. The van der Waals surface area contributed by atoms with E-state index in [4.69, 9.17) is 14.6 Å². The van der Waals surface area contributed by atoms with Gasteiger partial charge in [-0.3, -0.25) is 14.3 Å². The third-order valence-electron chi connectivity index (χ3n) is 3.24. The van der Waals surface area contributed by atoms with E-state index >= 15 is 0 Å². The van der Waals surface area contributed by atoms with Crippen molar-refractivity contribution in [1.29, 1.82) is 0 Å². The van der Waals surface area contributed by atoms with E-state index in [1.807, 2.05) is 0 Å². The van der Waals surface area contributed by atoms with Gasteiger partial charge in [0.1, 0.15) is 18.9 Å². The van der Waals surface area contributed by atoms with Crippen molar-refractivity contribution in [1.82, 2.24) is 9.55 Å². The van der Waals surface area contributed by atoms with Gasteiger partial charge < -0.3 is 19.7 Å². The van der Waals surface area contributed by atoms with Gasteiger partial charge in [-0.2, -0.15) is 0 Å². The van der Waals surface area contributed by atoms with E-state index in [0.717, 1.165) is 0 Å². The first-order valence-electron chi connectivity index (χ1n) is 6.34. The van der Waals surface area contributed by atoms with E-state index < -0.39 is 42.3 Å². The highest BCUT2D eigenvalue weighted by molar-refractivity contribution is 5.68. The molecule has 0 aromatic carbocycles. The fourth-order valence-corrected chi connectivity index (χ4v) is 2.19. The molecule has 1 aromatic rings. The number of hydrogen-bond acceptors (Lipinski definition) is 6. The Labute approximate surface area is 118 Å². The zero-order valence-electron chi connectivity index (χ0n) is 11.3.